The molecular formula is C6H7N5O2S. The zero-order valence-electron chi connectivity index (χ0n) is 7.28. The molecular weight excluding hydrogens is 206 g/mol. The van der Waals surface area contributed by atoms with Crippen LogP contribution in [0.3, 0.4) is 0 Å². The molecule has 1 unspecified atom stereocenters. The van der Waals surface area contributed by atoms with Crippen molar-refractivity contribution in [1.82, 2.24) is 20.2 Å². The molecule has 0 aliphatic rings. The van der Waals surface area contributed by atoms with Gasteiger partial charge >= 0.3 is 5.97 Å². The minimum absolute atomic E-state index is 0.298. The van der Waals surface area contributed by atoms with Gasteiger partial charge in [-0.3, -0.25) is 4.79 Å². The van der Waals surface area contributed by atoms with E-state index in [1.165, 1.54) is 0 Å². The average molecular weight is 213 g/mol. The summed E-state index contributed by atoms with van der Waals surface area (Å²) < 4.78 is 1.14. The highest BCUT2D eigenvalue weighted by Gasteiger charge is 2.12. The quantitative estimate of drug-likeness (QED) is 0.688. The summed E-state index contributed by atoms with van der Waals surface area (Å²) in [5.41, 5.74) is 0. The van der Waals surface area contributed by atoms with Gasteiger partial charge in [0.2, 0.25) is 5.16 Å². The molecule has 14 heavy (non-hydrogen) atoms. The van der Waals surface area contributed by atoms with Crippen molar-refractivity contribution in [2.24, 2.45) is 0 Å². The Morgan fingerprint density at radius 3 is 3.14 bits per heavy atom. The third-order valence-electron chi connectivity index (χ3n) is 1.25. The fourth-order valence-electron chi connectivity index (χ4n) is 0.693. The fourth-order valence-corrected chi connectivity index (χ4v) is 1.37. The van der Waals surface area contributed by atoms with Crippen LogP contribution in [-0.4, -0.2) is 36.5 Å². The van der Waals surface area contributed by atoms with Crippen molar-refractivity contribution in [2.45, 2.75) is 23.9 Å². The van der Waals surface area contributed by atoms with Gasteiger partial charge in [0.15, 0.2) is 0 Å². The van der Waals surface area contributed by atoms with Crippen molar-refractivity contribution >= 4 is 17.7 Å². The van der Waals surface area contributed by atoms with E-state index in [2.05, 4.69) is 15.5 Å². The number of hydrogen-bond donors (Lipinski definition) is 1. The van der Waals surface area contributed by atoms with E-state index < -0.39 is 5.97 Å². The van der Waals surface area contributed by atoms with E-state index in [0.29, 0.717) is 5.16 Å². The highest BCUT2D eigenvalue weighted by atomic mass is 32.2. The maximum Gasteiger partial charge on any atom is 0.325 e. The lowest BCUT2D eigenvalue weighted by Crippen LogP contribution is -2.12. The number of hydrogen-bond acceptors (Lipinski definition) is 6. The van der Waals surface area contributed by atoms with Crippen LogP contribution in [-0.2, 0) is 11.3 Å². The van der Waals surface area contributed by atoms with Crippen molar-refractivity contribution in [2.75, 3.05) is 0 Å². The van der Waals surface area contributed by atoms with Crippen LogP contribution in [0.1, 0.15) is 6.92 Å². The van der Waals surface area contributed by atoms with Gasteiger partial charge in [-0.15, -0.1) is 5.10 Å². The third kappa shape index (κ3) is 2.70. The number of carboxylic acids is 1. The SMILES string of the molecule is CC(C#N)Sc1nnnn1CC(=O)O. The smallest absolute Gasteiger partial charge is 0.325 e. The summed E-state index contributed by atoms with van der Waals surface area (Å²) in [5, 5.41) is 27.5. The second kappa shape index (κ2) is 4.57. The lowest BCUT2D eigenvalue weighted by Gasteiger charge is -2.01. The summed E-state index contributed by atoms with van der Waals surface area (Å²) in [5.74, 6) is -1.02. The summed E-state index contributed by atoms with van der Waals surface area (Å²) in [6.45, 7) is 1.39. The molecule has 0 aromatic carbocycles. The fraction of sp³-hybridized carbons (Fsp3) is 0.500. The zero-order valence-corrected chi connectivity index (χ0v) is 8.10. The minimum atomic E-state index is -1.02. The second-order valence-electron chi connectivity index (χ2n) is 2.40. The lowest BCUT2D eigenvalue weighted by atomic mass is 10.5. The summed E-state index contributed by atoms with van der Waals surface area (Å²) in [4.78, 5) is 10.4. The summed E-state index contributed by atoms with van der Waals surface area (Å²) in [6, 6.07) is 1.99. The highest BCUT2D eigenvalue weighted by Crippen LogP contribution is 2.18. The van der Waals surface area contributed by atoms with Crippen molar-refractivity contribution in [3.05, 3.63) is 0 Å². The van der Waals surface area contributed by atoms with Crippen LogP contribution in [0.15, 0.2) is 5.16 Å². The Morgan fingerprint density at radius 2 is 2.57 bits per heavy atom. The van der Waals surface area contributed by atoms with E-state index >= 15 is 0 Å². The van der Waals surface area contributed by atoms with Gasteiger partial charge in [0.25, 0.3) is 0 Å². The van der Waals surface area contributed by atoms with Crippen LogP contribution in [0.5, 0.6) is 0 Å². The Hall–Kier alpha value is -1.62. The van der Waals surface area contributed by atoms with Gasteiger partial charge in [-0.05, 0) is 17.4 Å². The molecule has 1 aromatic heterocycles. The van der Waals surface area contributed by atoms with E-state index in [4.69, 9.17) is 10.4 Å². The van der Waals surface area contributed by atoms with Gasteiger partial charge in [-0.2, -0.15) is 5.26 Å². The lowest BCUT2D eigenvalue weighted by molar-refractivity contribution is -0.138. The Balaban J connectivity index is 2.73. The number of rotatable bonds is 4. The van der Waals surface area contributed by atoms with E-state index in [1.807, 2.05) is 6.07 Å². The van der Waals surface area contributed by atoms with Crippen LogP contribution < -0.4 is 0 Å². The zero-order chi connectivity index (χ0) is 10.6. The largest absolute Gasteiger partial charge is 0.480 e. The number of thioether (sulfide) groups is 1. The molecule has 0 bridgehead atoms. The van der Waals surface area contributed by atoms with Crippen LogP contribution in [0.25, 0.3) is 0 Å². The molecule has 0 saturated heterocycles. The van der Waals surface area contributed by atoms with E-state index in [1.54, 1.807) is 6.92 Å². The molecule has 1 N–H and O–H groups in total. The monoisotopic (exact) mass is 213 g/mol. The van der Waals surface area contributed by atoms with Crippen LogP contribution in [0.4, 0.5) is 0 Å². The molecule has 8 heteroatoms. The molecule has 74 valence electrons. The molecule has 0 saturated carbocycles. The summed E-state index contributed by atoms with van der Waals surface area (Å²) in [6.07, 6.45) is 0. The first-order chi connectivity index (χ1) is 6.63. The first-order valence-electron chi connectivity index (χ1n) is 3.67. The number of carbonyl (C=O) groups is 1. The van der Waals surface area contributed by atoms with E-state index in [-0.39, 0.29) is 11.8 Å². The van der Waals surface area contributed by atoms with E-state index in [9.17, 15) is 4.79 Å². The Morgan fingerprint density at radius 1 is 1.86 bits per heavy atom. The van der Waals surface area contributed by atoms with Gasteiger partial charge in [0.1, 0.15) is 6.54 Å². The molecule has 0 aliphatic carbocycles. The first kappa shape index (κ1) is 10.5. The number of aliphatic carboxylic acids is 1. The number of nitriles is 1. The molecule has 0 radical (unpaired) electrons. The summed E-state index contributed by atoms with van der Waals surface area (Å²) in [7, 11) is 0. The molecule has 1 heterocycles. The highest BCUT2D eigenvalue weighted by molar-refractivity contribution is 8.00. The van der Waals surface area contributed by atoms with Crippen molar-refractivity contribution in [1.29, 1.82) is 5.26 Å². The number of carboxylic acid groups (broad SMARTS) is 1. The van der Waals surface area contributed by atoms with Crippen molar-refractivity contribution in [3.63, 3.8) is 0 Å². The Labute approximate surface area is 83.7 Å². The Bertz CT molecular complexity index is 371. The summed E-state index contributed by atoms with van der Waals surface area (Å²) >= 11 is 1.12. The minimum Gasteiger partial charge on any atom is -0.480 e. The molecule has 1 atom stereocenters. The van der Waals surface area contributed by atoms with Gasteiger partial charge < -0.3 is 5.11 Å². The predicted octanol–water partition coefficient (Wildman–Crippen LogP) is -0.238. The molecule has 0 fully saturated rings. The van der Waals surface area contributed by atoms with Gasteiger partial charge in [-0.25, -0.2) is 4.68 Å². The van der Waals surface area contributed by atoms with Crippen LogP contribution >= 0.6 is 11.8 Å². The molecule has 0 spiro atoms. The van der Waals surface area contributed by atoms with E-state index in [0.717, 1.165) is 16.4 Å². The van der Waals surface area contributed by atoms with Gasteiger partial charge in [0.05, 0.1) is 11.3 Å². The Kier molecular flexibility index (Phi) is 3.41. The van der Waals surface area contributed by atoms with Crippen LogP contribution in [0, 0.1) is 11.3 Å². The first-order valence-corrected chi connectivity index (χ1v) is 4.55. The standard InChI is InChI=1S/C6H7N5O2S/c1-4(2-7)14-6-8-9-10-11(6)3-5(12)13/h4H,3H2,1H3,(H,12,13). The maximum absolute atomic E-state index is 10.4. The maximum atomic E-state index is 10.4. The van der Waals surface area contributed by atoms with Crippen molar-refractivity contribution in [3.8, 4) is 6.07 Å². The molecule has 0 amide bonds. The third-order valence-corrected chi connectivity index (χ3v) is 2.21. The number of nitrogens with zero attached hydrogens (tertiary/aromatic N) is 5. The van der Waals surface area contributed by atoms with Gasteiger partial charge in [-0.1, -0.05) is 11.8 Å². The van der Waals surface area contributed by atoms with Gasteiger partial charge in [0, 0.05) is 0 Å². The molecule has 7 nitrogen and oxygen atoms in total. The topological polar surface area (TPSA) is 105 Å². The number of aromatic nitrogens is 4. The van der Waals surface area contributed by atoms with Crippen molar-refractivity contribution < 1.29 is 9.90 Å². The normalized spacial score (nSPS) is 12.0. The molecule has 1 aromatic rings. The second-order valence-corrected chi connectivity index (χ2v) is 3.71. The average Bonchev–Trinajstić information content (AvgIpc) is 2.52. The number of tetrazole rings is 1. The molecule has 0 aliphatic heterocycles. The van der Waals surface area contributed by atoms with Crippen LogP contribution in [0.2, 0.25) is 0 Å². The molecule has 1 rings (SSSR count). The predicted molar refractivity (Wildman–Crippen MR) is 46.4 cm³/mol.